The molecular formula is C18H17BrFN3O4. The Morgan fingerprint density at radius 1 is 1.33 bits per heavy atom. The number of amides is 2. The molecule has 0 saturated heterocycles. The average Bonchev–Trinajstić information content (AvgIpc) is 2.64. The molecule has 0 bridgehead atoms. The van der Waals surface area contributed by atoms with Crippen LogP contribution in [-0.2, 0) is 4.79 Å². The van der Waals surface area contributed by atoms with Crippen molar-refractivity contribution < 1.29 is 23.8 Å². The van der Waals surface area contributed by atoms with Crippen molar-refractivity contribution in [3.63, 3.8) is 0 Å². The number of aromatic hydroxyl groups is 1. The van der Waals surface area contributed by atoms with Gasteiger partial charge >= 0.3 is 0 Å². The Bertz CT molecular complexity index is 874. The minimum Gasteiger partial charge on any atom is -0.503 e. The van der Waals surface area contributed by atoms with Crippen molar-refractivity contribution in [3.05, 3.63) is 57.8 Å². The van der Waals surface area contributed by atoms with Crippen molar-refractivity contribution in [3.8, 4) is 11.5 Å². The summed E-state index contributed by atoms with van der Waals surface area (Å²) in [7, 11) is 0. The zero-order valence-electron chi connectivity index (χ0n) is 14.3. The second-order valence-corrected chi connectivity index (χ2v) is 6.12. The summed E-state index contributed by atoms with van der Waals surface area (Å²) in [4.78, 5) is 23.6. The van der Waals surface area contributed by atoms with Crippen LogP contribution >= 0.6 is 15.9 Å². The van der Waals surface area contributed by atoms with Crippen molar-refractivity contribution in [1.82, 2.24) is 10.7 Å². The third-order valence-electron chi connectivity index (χ3n) is 3.25. The molecule has 9 heteroatoms. The SMILES string of the molecule is CCOc1cc(C=NNC(=O)CNC(=O)c2cccc(F)c2)cc(Br)c1O. The van der Waals surface area contributed by atoms with Crippen LogP contribution in [0.4, 0.5) is 4.39 Å². The molecule has 0 radical (unpaired) electrons. The first kappa shape index (κ1) is 20.4. The van der Waals surface area contributed by atoms with Crippen molar-refractivity contribution in [1.29, 1.82) is 0 Å². The van der Waals surface area contributed by atoms with E-state index in [0.717, 1.165) is 6.07 Å². The number of hydrogen-bond donors (Lipinski definition) is 3. The van der Waals surface area contributed by atoms with Gasteiger partial charge in [-0.2, -0.15) is 5.10 Å². The molecule has 0 unspecified atom stereocenters. The van der Waals surface area contributed by atoms with Gasteiger partial charge in [0.05, 0.1) is 23.8 Å². The molecule has 0 atom stereocenters. The molecule has 27 heavy (non-hydrogen) atoms. The summed E-state index contributed by atoms with van der Waals surface area (Å²) in [5.74, 6) is -1.42. The van der Waals surface area contributed by atoms with Crippen molar-refractivity contribution in [2.45, 2.75) is 6.92 Å². The summed E-state index contributed by atoms with van der Waals surface area (Å²) in [5.41, 5.74) is 2.95. The molecule has 2 aromatic rings. The fourth-order valence-corrected chi connectivity index (χ4v) is 2.50. The zero-order chi connectivity index (χ0) is 19.8. The number of carbonyl (C=O) groups is 2. The van der Waals surface area contributed by atoms with Gasteiger partial charge in [-0.05, 0) is 58.7 Å². The molecule has 0 aromatic heterocycles. The minimum absolute atomic E-state index is 0.0295. The molecule has 0 aliphatic carbocycles. The number of nitrogens with zero attached hydrogens (tertiary/aromatic N) is 1. The van der Waals surface area contributed by atoms with Crippen LogP contribution < -0.4 is 15.5 Å². The Balaban J connectivity index is 1.89. The topological polar surface area (TPSA) is 100 Å². The van der Waals surface area contributed by atoms with E-state index in [1.54, 1.807) is 19.1 Å². The predicted molar refractivity (Wildman–Crippen MR) is 101 cm³/mol. The highest BCUT2D eigenvalue weighted by Gasteiger charge is 2.09. The fraction of sp³-hybridized carbons (Fsp3) is 0.167. The standard InChI is InChI=1S/C18H17BrFN3O4/c1-2-27-15-7-11(6-14(19)17(15)25)9-22-23-16(24)10-21-18(26)12-4-3-5-13(20)8-12/h3-9,25H,2,10H2,1H3,(H,21,26)(H,23,24). The monoisotopic (exact) mass is 437 g/mol. The Labute approximate surface area is 163 Å². The summed E-state index contributed by atoms with van der Waals surface area (Å²) in [5, 5.41) is 16.0. The molecular weight excluding hydrogens is 421 g/mol. The molecule has 0 aliphatic rings. The highest BCUT2D eigenvalue weighted by molar-refractivity contribution is 9.10. The van der Waals surface area contributed by atoms with Gasteiger partial charge in [-0.15, -0.1) is 0 Å². The summed E-state index contributed by atoms with van der Waals surface area (Å²) in [6.07, 6.45) is 1.36. The number of hydrogen-bond acceptors (Lipinski definition) is 5. The van der Waals surface area contributed by atoms with Crippen LogP contribution in [0.15, 0.2) is 46.0 Å². The second kappa shape index (κ2) is 9.67. The van der Waals surface area contributed by atoms with Gasteiger partial charge in [-0.25, -0.2) is 9.82 Å². The Hall–Kier alpha value is -2.94. The number of benzene rings is 2. The maximum absolute atomic E-state index is 13.1. The fourth-order valence-electron chi connectivity index (χ4n) is 2.04. The third kappa shape index (κ3) is 6.07. The van der Waals surface area contributed by atoms with Gasteiger partial charge in [0.25, 0.3) is 11.8 Å². The second-order valence-electron chi connectivity index (χ2n) is 5.27. The van der Waals surface area contributed by atoms with E-state index < -0.39 is 17.6 Å². The normalized spacial score (nSPS) is 10.6. The van der Waals surface area contributed by atoms with Gasteiger partial charge in [0.2, 0.25) is 0 Å². The minimum atomic E-state index is -0.572. The molecule has 0 fully saturated rings. The predicted octanol–water partition coefficient (Wildman–Crippen LogP) is 2.57. The first-order valence-electron chi connectivity index (χ1n) is 7.91. The van der Waals surface area contributed by atoms with Gasteiger partial charge < -0.3 is 15.2 Å². The first-order valence-corrected chi connectivity index (χ1v) is 8.71. The summed E-state index contributed by atoms with van der Waals surface area (Å²) >= 11 is 3.20. The molecule has 0 saturated carbocycles. The van der Waals surface area contributed by atoms with Gasteiger partial charge in [0.1, 0.15) is 5.82 Å². The average molecular weight is 438 g/mol. The largest absolute Gasteiger partial charge is 0.503 e. The van der Waals surface area contributed by atoms with Crippen LogP contribution in [0.3, 0.4) is 0 Å². The van der Waals surface area contributed by atoms with E-state index in [2.05, 4.69) is 31.8 Å². The summed E-state index contributed by atoms with van der Waals surface area (Å²) in [6, 6.07) is 8.29. The van der Waals surface area contributed by atoms with E-state index in [0.29, 0.717) is 16.6 Å². The van der Waals surface area contributed by atoms with E-state index in [4.69, 9.17) is 4.74 Å². The molecule has 0 spiro atoms. The van der Waals surface area contributed by atoms with Crippen LogP contribution in [0.1, 0.15) is 22.8 Å². The maximum Gasteiger partial charge on any atom is 0.259 e. The number of phenolic OH excluding ortho intramolecular Hbond substituents is 1. The molecule has 0 aliphatic heterocycles. The molecule has 2 aromatic carbocycles. The summed E-state index contributed by atoms with van der Waals surface area (Å²) < 4.78 is 18.8. The molecule has 0 heterocycles. The van der Waals surface area contributed by atoms with E-state index in [9.17, 15) is 19.1 Å². The lowest BCUT2D eigenvalue weighted by Crippen LogP contribution is -2.34. The van der Waals surface area contributed by atoms with Gasteiger partial charge in [0.15, 0.2) is 11.5 Å². The lowest BCUT2D eigenvalue weighted by atomic mass is 10.2. The number of ether oxygens (including phenoxy) is 1. The van der Waals surface area contributed by atoms with E-state index in [1.165, 1.54) is 24.4 Å². The van der Waals surface area contributed by atoms with Gasteiger partial charge in [-0.3, -0.25) is 9.59 Å². The smallest absolute Gasteiger partial charge is 0.259 e. The zero-order valence-corrected chi connectivity index (χ0v) is 15.9. The lowest BCUT2D eigenvalue weighted by Gasteiger charge is -2.08. The molecule has 142 valence electrons. The number of rotatable bonds is 7. The Morgan fingerprint density at radius 3 is 2.81 bits per heavy atom. The third-order valence-corrected chi connectivity index (χ3v) is 3.85. The first-order chi connectivity index (χ1) is 12.9. The van der Waals surface area contributed by atoms with Crippen molar-refractivity contribution in [2.75, 3.05) is 13.2 Å². The summed E-state index contributed by atoms with van der Waals surface area (Å²) in [6.45, 7) is 1.84. The van der Waals surface area contributed by atoms with Gasteiger partial charge in [0, 0.05) is 5.56 Å². The highest BCUT2D eigenvalue weighted by atomic mass is 79.9. The van der Waals surface area contributed by atoms with Crippen LogP contribution in [0.25, 0.3) is 0 Å². The van der Waals surface area contributed by atoms with Gasteiger partial charge in [-0.1, -0.05) is 6.07 Å². The highest BCUT2D eigenvalue weighted by Crippen LogP contribution is 2.34. The number of phenols is 1. The van der Waals surface area contributed by atoms with E-state index in [-0.39, 0.29) is 23.6 Å². The number of nitrogens with one attached hydrogen (secondary N) is 2. The van der Waals surface area contributed by atoms with Crippen molar-refractivity contribution >= 4 is 34.0 Å². The van der Waals surface area contributed by atoms with E-state index >= 15 is 0 Å². The number of hydrazone groups is 1. The molecule has 2 rings (SSSR count). The quantitative estimate of drug-likeness (QED) is 0.457. The van der Waals surface area contributed by atoms with Crippen LogP contribution in [0, 0.1) is 5.82 Å². The van der Waals surface area contributed by atoms with Crippen LogP contribution in [0.2, 0.25) is 0 Å². The number of carbonyl (C=O) groups excluding carboxylic acids is 2. The molecule has 7 nitrogen and oxygen atoms in total. The Morgan fingerprint density at radius 2 is 2.11 bits per heavy atom. The molecule has 3 N–H and O–H groups in total. The molecule has 2 amide bonds. The van der Waals surface area contributed by atoms with E-state index in [1.807, 2.05) is 0 Å². The van der Waals surface area contributed by atoms with Crippen molar-refractivity contribution in [2.24, 2.45) is 5.10 Å². The lowest BCUT2D eigenvalue weighted by molar-refractivity contribution is -0.120. The van der Waals surface area contributed by atoms with Crippen LogP contribution in [0.5, 0.6) is 11.5 Å². The number of halogens is 2. The van der Waals surface area contributed by atoms with Crippen LogP contribution in [-0.4, -0.2) is 36.3 Å². The maximum atomic E-state index is 13.1. The Kier molecular flexibility index (Phi) is 7.30.